The Balaban J connectivity index is 2.16. The highest BCUT2D eigenvalue weighted by molar-refractivity contribution is 9.10. The highest BCUT2D eigenvalue weighted by Crippen LogP contribution is 2.25. The van der Waals surface area contributed by atoms with Crippen molar-refractivity contribution in [3.63, 3.8) is 0 Å². The first-order valence-electron chi connectivity index (χ1n) is 8.01. The van der Waals surface area contributed by atoms with Gasteiger partial charge < -0.3 is 10.1 Å². The van der Waals surface area contributed by atoms with Gasteiger partial charge >= 0.3 is 0 Å². The van der Waals surface area contributed by atoms with E-state index in [0.717, 1.165) is 27.0 Å². The van der Waals surface area contributed by atoms with Crippen LogP contribution in [0.3, 0.4) is 0 Å². The maximum atomic E-state index is 12.3. The third kappa shape index (κ3) is 4.96. The molecule has 0 saturated carbocycles. The largest absolute Gasteiger partial charge is 0.493 e. The molecule has 0 bridgehead atoms. The topological polar surface area (TPSA) is 38.3 Å². The lowest BCUT2D eigenvalue weighted by molar-refractivity contribution is -0.111. The van der Waals surface area contributed by atoms with Gasteiger partial charge in [0.05, 0.1) is 6.61 Å². The Bertz CT molecular complexity index is 738. The summed E-state index contributed by atoms with van der Waals surface area (Å²) in [5, 5.41) is 2.95. The quantitative estimate of drug-likeness (QED) is 0.652. The molecule has 0 aliphatic rings. The molecule has 0 atom stereocenters. The van der Waals surface area contributed by atoms with Crippen LogP contribution < -0.4 is 10.1 Å². The van der Waals surface area contributed by atoms with E-state index in [-0.39, 0.29) is 5.91 Å². The van der Waals surface area contributed by atoms with Crippen LogP contribution >= 0.6 is 15.9 Å². The van der Waals surface area contributed by atoms with Crippen LogP contribution in [0.25, 0.3) is 6.08 Å². The van der Waals surface area contributed by atoms with Gasteiger partial charge in [-0.25, -0.2) is 0 Å². The molecule has 0 heterocycles. The van der Waals surface area contributed by atoms with E-state index < -0.39 is 0 Å². The summed E-state index contributed by atoms with van der Waals surface area (Å²) in [6.07, 6.45) is 3.30. The van der Waals surface area contributed by atoms with Crippen molar-refractivity contribution < 1.29 is 9.53 Å². The number of carbonyl (C=O) groups is 1. The van der Waals surface area contributed by atoms with E-state index in [2.05, 4.69) is 35.1 Å². The van der Waals surface area contributed by atoms with Crippen LogP contribution in [0.4, 0.5) is 5.69 Å². The second-order valence-electron chi connectivity index (χ2n) is 5.68. The summed E-state index contributed by atoms with van der Waals surface area (Å²) in [5.41, 5.74) is 2.83. The number of benzene rings is 2. The van der Waals surface area contributed by atoms with Gasteiger partial charge in [0.2, 0.25) is 5.91 Å². The van der Waals surface area contributed by atoms with Crippen LogP contribution in [-0.2, 0) is 4.79 Å². The van der Waals surface area contributed by atoms with Gasteiger partial charge in [-0.1, -0.05) is 48.0 Å². The van der Waals surface area contributed by atoms with Crippen LogP contribution in [0.1, 0.15) is 37.8 Å². The summed E-state index contributed by atoms with van der Waals surface area (Å²) in [6.45, 7) is 6.73. The molecule has 0 spiro atoms. The zero-order valence-electron chi connectivity index (χ0n) is 14.2. The normalized spacial score (nSPS) is 11.0. The monoisotopic (exact) mass is 387 g/mol. The molecule has 0 aliphatic heterocycles. The van der Waals surface area contributed by atoms with Crippen molar-refractivity contribution in [3.8, 4) is 5.75 Å². The fourth-order valence-corrected chi connectivity index (χ4v) is 2.77. The average Bonchev–Trinajstić information content (AvgIpc) is 2.55. The van der Waals surface area contributed by atoms with E-state index >= 15 is 0 Å². The summed E-state index contributed by atoms with van der Waals surface area (Å²) < 4.78 is 6.53. The summed E-state index contributed by atoms with van der Waals surface area (Å²) in [5.74, 6) is 0.943. The molecule has 0 radical (unpaired) electrons. The van der Waals surface area contributed by atoms with Crippen LogP contribution in [0.2, 0.25) is 0 Å². The van der Waals surface area contributed by atoms with E-state index in [1.54, 1.807) is 6.08 Å². The number of nitrogens with one attached hydrogen (secondary N) is 1. The molecule has 4 heteroatoms. The Morgan fingerprint density at radius 3 is 2.71 bits per heavy atom. The molecule has 2 rings (SSSR count). The highest BCUT2D eigenvalue weighted by atomic mass is 79.9. The van der Waals surface area contributed by atoms with E-state index in [0.29, 0.717) is 12.5 Å². The third-order valence-electron chi connectivity index (χ3n) is 3.53. The Morgan fingerprint density at radius 1 is 1.25 bits per heavy atom. The lowest BCUT2D eigenvalue weighted by atomic mass is 10.0. The summed E-state index contributed by atoms with van der Waals surface area (Å²) in [7, 11) is 0. The third-order valence-corrected chi connectivity index (χ3v) is 4.02. The predicted octanol–water partition coefficient (Wildman–Crippen LogP) is 5.62. The van der Waals surface area contributed by atoms with E-state index in [1.807, 2.05) is 49.4 Å². The minimum absolute atomic E-state index is 0.162. The molecule has 2 aromatic carbocycles. The smallest absolute Gasteiger partial charge is 0.248 e. The molecule has 0 aromatic heterocycles. The number of ether oxygens (including phenoxy) is 1. The van der Waals surface area contributed by atoms with Gasteiger partial charge in [0, 0.05) is 21.8 Å². The maximum Gasteiger partial charge on any atom is 0.248 e. The molecule has 1 N–H and O–H groups in total. The molecule has 0 fully saturated rings. The fourth-order valence-electron chi connectivity index (χ4n) is 2.39. The summed E-state index contributed by atoms with van der Waals surface area (Å²) in [4.78, 5) is 12.3. The lowest BCUT2D eigenvalue weighted by Gasteiger charge is -2.12. The summed E-state index contributed by atoms with van der Waals surface area (Å²) >= 11 is 3.44. The van der Waals surface area contributed by atoms with Crippen molar-refractivity contribution in [1.82, 2.24) is 0 Å². The van der Waals surface area contributed by atoms with E-state index in [4.69, 9.17) is 4.74 Å². The number of anilines is 1. The minimum Gasteiger partial charge on any atom is -0.493 e. The predicted molar refractivity (Wildman–Crippen MR) is 104 cm³/mol. The zero-order chi connectivity index (χ0) is 17.5. The van der Waals surface area contributed by atoms with Crippen molar-refractivity contribution in [2.75, 3.05) is 11.9 Å². The summed E-state index contributed by atoms with van der Waals surface area (Å²) in [6, 6.07) is 13.6. The van der Waals surface area contributed by atoms with Crippen molar-refractivity contribution in [1.29, 1.82) is 0 Å². The molecule has 0 unspecified atom stereocenters. The average molecular weight is 388 g/mol. The number of amides is 1. The van der Waals surface area contributed by atoms with Gasteiger partial charge in [0.25, 0.3) is 0 Å². The van der Waals surface area contributed by atoms with Gasteiger partial charge in [0.1, 0.15) is 5.75 Å². The standard InChI is InChI=1S/C20H22BrNO2/c1-4-24-19-11-10-16(21)13-15(19)9-12-20(23)22-18-8-6-5-7-17(18)14(2)3/h5-14H,4H2,1-3H3,(H,22,23). The first-order chi connectivity index (χ1) is 11.5. The van der Waals surface area contributed by atoms with Gasteiger partial charge in [-0.05, 0) is 48.7 Å². The second kappa shape index (κ2) is 8.69. The number of carbonyl (C=O) groups excluding carboxylic acids is 1. The van der Waals surface area contributed by atoms with Crippen molar-refractivity contribution in [2.24, 2.45) is 0 Å². The second-order valence-corrected chi connectivity index (χ2v) is 6.60. The Kier molecular flexibility index (Phi) is 6.62. The van der Waals surface area contributed by atoms with Crippen LogP contribution in [0.5, 0.6) is 5.75 Å². The molecule has 3 nitrogen and oxygen atoms in total. The first-order valence-corrected chi connectivity index (χ1v) is 8.81. The molecule has 24 heavy (non-hydrogen) atoms. The maximum absolute atomic E-state index is 12.3. The van der Waals surface area contributed by atoms with Crippen molar-refractivity contribution >= 4 is 33.6 Å². The van der Waals surface area contributed by atoms with Crippen LogP contribution in [0.15, 0.2) is 53.0 Å². The van der Waals surface area contributed by atoms with E-state index in [1.165, 1.54) is 6.08 Å². The number of hydrogen-bond acceptors (Lipinski definition) is 2. The Hall–Kier alpha value is -2.07. The molecular weight excluding hydrogens is 366 g/mol. The SMILES string of the molecule is CCOc1ccc(Br)cc1C=CC(=O)Nc1ccccc1C(C)C. The van der Waals surface area contributed by atoms with Crippen molar-refractivity contribution in [2.45, 2.75) is 26.7 Å². The van der Waals surface area contributed by atoms with Gasteiger partial charge in [0.15, 0.2) is 0 Å². The van der Waals surface area contributed by atoms with Crippen LogP contribution in [0, 0.1) is 0 Å². The van der Waals surface area contributed by atoms with Gasteiger partial charge in [-0.2, -0.15) is 0 Å². The molecule has 126 valence electrons. The number of halogens is 1. The molecular formula is C20H22BrNO2. The zero-order valence-corrected chi connectivity index (χ0v) is 15.8. The minimum atomic E-state index is -0.162. The number of para-hydroxylation sites is 1. The molecule has 0 aliphatic carbocycles. The fraction of sp³-hybridized carbons (Fsp3) is 0.250. The van der Waals surface area contributed by atoms with E-state index in [9.17, 15) is 4.79 Å². The van der Waals surface area contributed by atoms with Gasteiger partial charge in [-0.3, -0.25) is 4.79 Å². The Morgan fingerprint density at radius 2 is 2.00 bits per heavy atom. The van der Waals surface area contributed by atoms with Crippen LogP contribution in [-0.4, -0.2) is 12.5 Å². The van der Waals surface area contributed by atoms with Gasteiger partial charge in [-0.15, -0.1) is 0 Å². The highest BCUT2D eigenvalue weighted by Gasteiger charge is 2.08. The molecule has 2 aromatic rings. The molecule has 1 amide bonds. The number of rotatable bonds is 6. The van der Waals surface area contributed by atoms with Crippen molar-refractivity contribution in [3.05, 3.63) is 64.1 Å². The lowest BCUT2D eigenvalue weighted by Crippen LogP contribution is -2.10. The number of hydrogen-bond donors (Lipinski definition) is 1. The first kappa shape index (κ1) is 18.3. The molecule has 0 saturated heterocycles. The Labute approximate surface area is 151 Å².